The SMILES string of the molecule is CO[Si](C)(CCCc1cccc2c1Cc1ccccc1-2)OC. The van der Waals surface area contributed by atoms with E-state index in [0.29, 0.717) is 0 Å². The lowest BCUT2D eigenvalue weighted by atomic mass is 9.98. The van der Waals surface area contributed by atoms with Crippen LogP contribution in [0.25, 0.3) is 11.1 Å². The maximum Gasteiger partial charge on any atom is 0.334 e. The third kappa shape index (κ3) is 2.89. The Balaban J connectivity index is 1.75. The van der Waals surface area contributed by atoms with Crippen LogP contribution in [-0.2, 0) is 21.7 Å². The van der Waals surface area contributed by atoms with Crippen molar-refractivity contribution in [2.24, 2.45) is 0 Å². The summed E-state index contributed by atoms with van der Waals surface area (Å²) in [6, 6.07) is 16.5. The molecule has 2 aromatic carbocycles. The van der Waals surface area contributed by atoms with E-state index in [1.807, 2.05) is 0 Å². The van der Waals surface area contributed by atoms with E-state index in [2.05, 4.69) is 49.0 Å². The summed E-state index contributed by atoms with van der Waals surface area (Å²) in [5, 5.41) is 0. The van der Waals surface area contributed by atoms with E-state index < -0.39 is 8.56 Å². The molecule has 0 unspecified atom stereocenters. The van der Waals surface area contributed by atoms with E-state index in [-0.39, 0.29) is 0 Å². The van der Waals surface area contributed by atoms with Gasteiger partial charge in [-0.3, -0.25) is 0 Å². The molecule has 22 heavy (non-hydrogen) atoms. The first-order chi connectivity index (χ1) is 10.7. The van der Waals surface area contributed by atoms with Crippen molar-refractivity contribution < 1.29 is 8.85 Å². The highest BCUT2D eigenvalue weighted by Crippen LogP contribution is 2.38. The van der Waals surface area contributed by atoms with Gasteiger partial charge in [0.15, 0.2) is 0 Å². The van der Waals surface area contributed by atoms with E-state index in [1.54, 1.807) is 14.2 Å². The van der Waals surface area contributed by atoms with E-state index in [1.165, 1.54) is 27.8 Å². The molecule has 0 aliphatic heterocycles. The van der Waals surface area contributed by atoms with E-state index in [4.69, 9.17) is 8.85 Å². The zero-order valence-corrected chi connectivity index (χ0v) is 14.7. The summed E-state index contributed by atoms with van der Waals surface area (Å²) in [5.74, 6) is 0. The van der Waals surface area contributed by atoms with Gasteiger partial charge in [0.25, 0.3) is 0 Å². The monoisotopic (exact) mass is 312 g/mol. The lowest BCUT2D eigenvalue weighted by molar-refractivity contribution is 0.248. The second-order valence-corrected chi connectivity index (χ2v) is 9.76. The van der Waals surface area contributed by atoms with Crippen LogP contribution in [-0.4, -0.2) is 22.8 Å². The summed E-state index contributed by atoms with van der Waals surface area (Å²) in [7, 11) is 1.60. The minimum absolute atomic E-state index is 1.04. The summed E-state index contributed by atoms with van der Waals surface area (Å²) in [6.45, 7) is 2.14. The maximum absolute atomic E-state index is 5.58. The molecule has 0 N–H and O–H groups in total. The van der Waals surface area contributed by atoms with Crippen LogP contribution in [0.15, 0.2) is 42.5 Å². The lowest BCUT2D eigenvalue weighted by Gasteiger charge is -2.22. The normalized spacial score (nSPS) is 13.0. The second-order valence-electron chi connectivity index (χ2n) is 6.17. The van der Waals surface area contributed by atoms with Gasteiger partial charge in [-0.1, -0.05) is 42.5 Å². The van der Waals surface area contributed by atoms with E-state index in [9.17, 15) is 0 Å². The van der Waals surface area contributed by atoms with Gasteiger partial charge in [-0.05, 0) is 59.7 Å². The zero-order valence-electron chi connectivity index (χ0n) is 13.7. The molecule has 1 aliphatic rings. The average molecular weight is 312 g/mol. The third-order valence-electron chi connectivity index (χ3n) is 4.89. The van der Waals surface area contributed by atoms with Crippen LogP contribution in [0, 0.1) is 0 Å². The van der Waals surface area contributed by atoms with Gasteiger partial charge >= 0.3 is 8.56 Å². The Kier molecular flexibility index (Phi) is 4.48. The highest BCUT2D eigenvalue weighted by Gasteiger charge is 2.28. The highest BCUT2D eigenvalue weighted by atomic mass is 28.4. The topological polar surface area (TPSA) is 18.5 Å². The molecule has 0 radical (unpaired) electrons. The predicted octanol–water partition coefficient (Wildman–Crippen LogP) is 4.56. The molecular weight excluding hydrogens is 288 g/mol. The summed E-state index contributed by atoms with van der Waals surface area (Å²) in [5.41, 5.74) is 7.29. The van der Waals surface area contributed by atoms with Gasteiger partial charge in [0.2, 0.25) is 0 Å². The summed E-state index contributed by atoms with van der Waals surface area (Å²) >= 11 is 0. The first kappa shape index (κ1) is 15.5. The molecule has 116 valence electrons. The number of hydrogen-bond donors (Lipinski definition) is 0. The van der Waals surface area contributed by atoms with E-state index >= 15 is 0 Å². The molecule has 0 amide bonds. The first-order valence-corrected chi connectivity index (χ1v) is 10.5. The fraction of sp³-hybridized carbons (Fsp3) is 0.368. The lowest BCUT2D eigenvalue weighted by Crippen LogP contribution is -2.35. The Morgan fingerprint density at radius 3 is 2.45 bits per heavy atom. The van der Waals surface area contributed by atoms with Crippen molar-refractivity contribution in [3.63, 3.8) is 0 Å². The van der Waals surface area contributed by atoms with Crippen molar-refractivity contribution in [2.75, 3.05) is 14.2 Å². The number of benzene rings is 2. The molecule has 0 saturated heterocycles. The van der Waals surface area contributed by atoms with Crippen molar-refractivity contribution in [1.29, 1.82) is 0 Å². The summed E-state index contributed by atoms with van der Waals surface area (Å²) < 4.78 is 11.2. The number of rotatable bonds is 6. The Labute approximate surface area is 134 Å². The Morgan fingerprint density at radius 1 is 0.955 bits per heavy atom. The molecule has 0 aromatic heterocycles. The van der Waals surface area contributed by atoms with Gasteiger partial charge in [-0.15, -0.1) is 0 Å². The molecule has 0 heterocycles. The van der Waals surface area contributed by atoms with Crippen molar-refractivity contribution in [2.45, 2.75) is 31.9 Å². The highest BCUT2D eigenvalue weighted by molar-refractivity contribution is 6.65. The van der Waals surface area contributed by atoms with Gasteiger partial charge in [0, 0.05) is 14.2 Å². The van der Waals surface area contributed by atoms with Crippen LogP contribution in [0.2, 0.25) is 12.6 Å². The molecule has 0 fully saturated rings. The fourth-order valence-electron chi connectivity index (χ4n) is 3.35. The van der Waals surface area contributed by atoms with Gasteiger partial charge in [0.1, 0.15) is 0 Å². The smallest absolute Gasteiger partial charge is 0.334 e. The largest absolute Gasteiger partial charge is 0.398 e. The molecule has 0 saturated carbocycles. The predicted molar refractivity (Wildman–Crippen MR) is 93.4 cm³/mol. The molecule has 3 heteroatoms. The van der Waals surface area contributed by atoms with Crippen molar-refractivity contribution >= 4 is 8.56 Å². The van der Waals surface area contributed by atoms with Gasteiger partial charge in [-0.25, -0.2) is 0 Å². The number of hydrogen-bond acceptors (Lipinski definition) is 2. The van der Waals surface area contributed by atoms with Gasteiger partial charge in [-0.2, -0.15) is 0 Å². The molecule has 1 aliphatic carbocycles. The Hall–Kier alpha value is -1.42. The van der Waals surface area contributed by atoms with Gasteiger partial charge in [0.05, 0.1) is 0 Å². The van der Waals surface area contributed by atoms with Crippen LogP contribution in [0.4, 0.5) is 0 Å². The van der Waals surface area contributed by atoms with Crippen molar-refractivity contribution in [3.05, 3.63) is 59.2 Å². The van der Waals surface area contributed by atoms with Crippen LogP contribution in [0.3, 0.4) is 0 Å². The van der Waals surface area contributed by atoms with Crippen molar-refractivity contribution in [1.82, 2.24) is 0 Å². The van der Waals surface area contributed by atoms with E-state index in [0.717, 1.165) is 25.3 Å². The quantitative estimate of drug-likeness (QED) is 0.621. The minimum Gasteiger partial charge on any atom is -0.398 e. The Bertz CT molecular complexity index is 662. The second kappa shape index (κ2) is 6.37. The molecule has 0 atom stereocenters. The third-order valence-corrected chi connectivity index (χ3v) is 7.88. The Morgan fingerprint density at radius 2 is 1.68 bits per heavy atom. The fourth-order valence-corrected chi connectivity index (χ4v) is 4.74. The number of fused-ring (bicyclic) bond motifs is 3. The minimum atomic E-state index is -1.94. The molecule has 3 rings (SSSR count). The van der Waals surface area contributed by atoms with Crippen LogP contribution >= 0.6 is 0 Å². The average Bonchev–Trinajstić information content (AvgIpc) is 2.94. The van der Waals surface area contributed by atoms with Crippen LogP contribution in [0.1, 0.15) is 23.1 Å². The van der Waals surface area contributed by atoms with Crippen LogP contribution in [0.5, 0.6) is 0 Å². The maximum atomic E-state index is 5.58. The van der Waals surface area contributed by atoms with Crippen LogP contribution < -0.4 is 0 Å². The molecule has 2 nitrogen and oxygen atoms in total. The first-order valence-electron chi connectivity index (χ1n) is 7.96. The number of aryl methyl sites for hydroxylation is 1. The standard InChI is InChI=1S/C19H24O2Si/c1-20-22(3,21-2)13-7-10-15-9-6-12-18-17-11-5-4-8-16(17)14-19(15)18/h4-6,8-9,11-12H,7,10,13-14H2,1-3H3. The summed E-state index contributed by atoms with van der Waals surface area (Å²) in [6.07, 6.45) is 3.30. The molecule has 0 bridgehead atoms. The van der Waals surface area contributed by atoms with Crippen molar-refractivity contribution in [3.8, 4) is 11.1 Å². The molecule has 2 aromatic rings. The van der Waals surface area contributed by atoms with Gasteiger partial charge < -0.3 is 8.85 Å². The summed E-state index contributed by atoms with van der Waals surface area (Å²) in [4.78, 5) is 0. The zero-order chi connectivity index (χ0) is 15.6. The molecular formula is C19H24O2Si. The molecule has 0 spiro atoms.